The van der Waals surface area contributed by atoms with E-state index >= 15 is 0 Å². The highest BCUT2D eigenvalue weighted by atomic mass is 79.9. The van der Waals surface area contributed by atoms with Gasteiger partial charge in [0.15, 0.2) is 0 Å². The summed E-state index contributed by atoms with van der Waals surface area (Å²) in [5.74, 6) is -0.218. The molecule has 1 aliphatic rings. The van der Waals surface area contributed by atoms with Crippen LogP contribution in [0.3, 0.4) is 0 Å². The van der Waals surface area contributed by atoms with Crippen LogP contribution >= 0.6 is 15.9 Å². The number of carbonyl (C=O) groups excluding carboxylic acids is 1. The zero-order valence-corrected chi connectivity index (χ0v) is 12.9. The fourth-order valence-electron chi connectivity index (χ4n) is 2.53. The second-order valence-corrected chi connectivity index (χ2v) is 6.42. The molecule has 1 saturated carbocycles. The third kappa shape index (κ3) is 3.36. The number of carbonyl (C=O) groups is 1. The van der Waals surface area contributed by atoms with E-state index in [-0.39, 0.29) is 17.6 Å². The minimum atomic E-state index is -0.456. The molecular formula is C14H17BrN2O3. The Balaban J connectivity index is 2.10. The first-order valence-electron chi connectivity index (χ1n) is 6.68. The molecule has 20 heavy (non-hydrogen) atoms. The summed E-state index contributed by atoms with van der Waals surface area (Å²) < 4.78 is 0. The van der Waals surface area contributed by atoms with Crippen molar-refractivity contribution in [1.82, 2.24) is 5.32 Å². The first-order chi connectivity index (χ1) is 9.49. The van der Waals surface area contributed by atoms with E-state index in [4.69, 9.17) is 0 Å². The molecule has 0 aliphatic heterocycles. The molecule has 2 rings (SSSR count). The lowest BCUT2D eigenvalue weighted by atomic mass is 9.95. The van der Waals surface area contributed by atoms with Crippen molar-refractivity contribution in [3.05, 3.63) is 39.4 Å². The van der Waals surface area contributed by atoms with Gasteiger partial charge >= 0.3 is 0 Å². The van der Waals surface area contributed by atoms with Crippen LogP contribution in [0.5, 0.6) is 0 Å². The predicted molar refractivity (Wildman–Crippen MR) is 80.3 cm³/mol. The van der Waals surface area contributed by atoms with E-state index in [0.29, 0.717) is 16.0 Å². The number of benzene rings is 1. The summed E-state index contributed by atoms with van der Waals surface area (Å²) in [5.41, 5.74) is 0.797. The van der Waals surface area contributed by atoms with Crippen molar-refractivity contribution in [2.75, 3.05) is 0 Å². The molecule has 0 radical (unpaired) electrons. The molecule has 0 saturated heterocycles. The molecule has 0 unspecified atom stereocenters. The van der Waals surface area contributed by atoms with Gasteiger partial charge in [-0.15, -0.1) is 0 Å². The average molecular weight is 341 g/mol. The maximum Gasteiger partial charge on any atom is 0.273 e. The normalized spacial score (nSPS) is 22.3. The Bertz CT molecular complexity index is 525. The fraction of sp³-hybridized carbons (Fsp3) is 0.500. The van der Waals surface area contributed by atoms with Crippen LogP contribution in [0, 0.1) is 17.0 Å². The summed E-state index contributed by atoms with van der Waals surface area (Å²) >= 11 is 3.58. The number of nitrogens with zero attached hydrogens (tertiary/aromatic N) is 1. The maximum atomic E-state index is 12.2. The second-order valence-electron chi connectivity index (χ2n) is 5.13. The van der Waals surface area contributed by atoms with Crippen molar-refractivity contribution in [1.29, 1.82) is 0 Å². The van der Waals surface area contributed by atoms with Crippen molar-refractivity contribution in [2.45, 2.75) is 43.5 Å². The monoisotopic (exact) mass is 340 g/mol. The molecule has 0 bridgehead atoms. The van der Waals surface area contributed by atoms with Crippen molar-refractivity contribution < 1.29 is 9.72 Å². The molecular weight excluding hydrogens is 324 g/mol. The van der Waals surface area contributed by atoms with Crippen LogP contribution in [0.15, 0.2) is 18.2 Å². The fourth-order valence-corrected chi connectivity index (χ4v) is 3.06. The lowest BCUT2D eigenvalue weighted by molar-refractivity contribution is -0.385. The first kappa shape index (κ1) is 15.0. The molecule has 1 N–H and O–H groups in total. The summed E-state index contributed by atoms with van der Waals surface area (Å²) in [6.07, 6.45) is 3.96. The van der Waals surface area contributed by atoms with Crippen molar-refractivity contribution in [3.8, 4) is 0 Å². The second kappa shape index (κ2) is 6.35. The summed E-state index contributed by atoms with van der Waals surface area (Å²) in [6, 6.07) is 4.76. The average Bonchev–Trinajstić information content (AvgIpc) is 2.41. The Kier molecular flexibility index (Phi) is 4.75. The molecule has 1 fully saturated rings. The van der Waals surface area contributed by atoms with Gasteiger partial charge < -0.3 is 5.32 Å². The van der Waals surface area contributed by atoms with Gasteiger partial charge in [-0.1, -0.05) is 22.0 Å². The minimum Gasteiger partial charge on any atom is -0.349 e. The summed E-state index contributed by atoms with van der Waals surface area (Å²) in [4.78, 5) is 23.2. The van der Waals surface area contributed by atoms with E-state index < -0.39 is 4.92 Å². The van der Waals surface area contributed by atoms with Crippen LogP contribution < -0.4 is 5.32 Å². The first-order valence-corrected chi connectivity index (χ1v) is 7.59. The number of hydrogen-bond donors (Lipinski definition) is 1. The number of nitrogens with one attached hydrogen (secondary N) is 1. The molecule has 1 aromatic carbocycles. The van der Waals surface area contributed by atoms with Gasteiger partial charge in [0.25, 0.3) is 11.6 Å². The van der Waals surface area contributed by atoms with E-state index in [0.717, 1.165) is 25.7 Å². The largest absolute Gasteiger partial charge is 0.349 e. The molecule has 108 valence electrons. The molecule has 0 heterocycles. The number of amides is 1. The molecule has 1 amide bonds. The highest BCUT2D eigenvalue weighted by Crippen LogP contribution is 2.25. The topological polar surface area (TPSA) is 72.2 Å². The van der Waals surface area contributed by atoms with Gasteiger partial charge in [-0.3, -0.25) is 14.9 Å². The quantitative estimate of drug-likeness (QED) is 0.521. The van der Waals surface area contributed by atoms with Crippen molar-refractivity contribution in [2.24, 2.45) is 0 Å². The number of hydrogen-bond acceptors (Lipinski definition) is 3. The smallest absolute Gasteiger partial charge is 0.273 e. The van der Waals surface area contributed by atoms with Gasteiger partial charge in [0.2, 0.25) is 0 Å². The van der Waals surface area contributed by atoms with Crippen LogP contribution in [-0.2, 0) is 0 Å². The van der Waals surface area contributed by atoms with E-state index in [9.17, 15) is 14.9 Å². The van der Waals surface area contributed by atoms with E-state index in [1.54, 1.807) is 19.1 Å². The standard InChI is InChI=1S/C14H17BrN2O3/c1-9-12(3-2-4-13(9)17(19)20)14(18)16-11-7-5-10(15)6-8-11/h2-4,10-11H,5-8H2,1H3,(H,16,18). The van der Waals surface area contributed by atoms with Gasteiger partial charge in [0.05, 0.1) is 4.92 Å². The van der Waals surface area contributed by atoms with E-state index in [1.807, 2.05) is 0 Å². The molecule has 0 spiro atoms. The van der Waals surface area contributed by atoms with Crippen molar-refractivity contribution >= 4 is 27.5 Å². The highest BCUT2D eigenvalue weighted by Gasteiger charge is 2.23. The molecule has 6 heteroatoms. The third-order valence-electron chi connectivity index (χ3n) is 3.74. The molecule has 1 aromatic rings. The predicted octanol–water partition coefficient (Wildman–Crippen LogP) is 3.34. The van der Waals surface area contributed by atoms with Gasteiger partial charge in [-0.2, -0.15) is 0 Å². The number of halogens is 1. The van der Waals surface area contributed by atoms with Crippen LogP contribution in [0.1, 0.15) is 41.6 Å². The maximum absolute atomic E-state index is 12.2. The zero-order chi connectivity index (χ0) is 14.7. The lowest BCUT2D eigenvalue weighted by Crippen LogP contribution is -2.38. The molecule has 0 aromatic heterocycles. The summed E-state index contributed by atoms with van der Waals surface area (Å²) in [5, 5.41) is 13.9. The SMILES string of the molecule is Cc1c(C(=O)NC2CCC(Br)CC2)cccc1[N+](=O)[O-]. The number of nitro benzene ring substituents is 1. The van der Waals surface area contributed by atoms with Gasteiger partial charge in [0.1, 0.15) is 0 Å². The Hall–Kier alpha value is -1.43. The summed E-state index contributed by atoms with van der Waals surface area (Å²) in [7, 11) is 0. The number of rotatable bonds is 3. The Morgan fingerprint density at radius 3 is 2.60 bits per heavy atom. The molecule has 0 atom stereocenters. The minimum absolute atomic E-state index is 0.0122. The Morgan fingerprint density at radius 1 is 1.35 bits per heavy atom. The number of nitro groups is 1. The van der Waals surface area contributed by atoms with E-state index in [1.165, 1.54) is 6.07 Å². The van der Waals surface area contributed by atoms with Crippen LogP contribution in [0.25, 0.3) is 0 Å². The van der Waals surface area contributed by atoms with Gasteiger partial charge in [0, 0.05) is 28.1 Å². The highest BCUT2D eigenvalue weighted by molar-refractivity contribution is 9.09. The third-order valence-corrected chi connectivity index (χ3v) is 4.65. The number of alkyl halides is 1. The van der Waals surface area contributed by atoms with Gasteiger partial charge in [-0.05, 0) is 38.7 Å². The van der Waals surface area contributed by atoms with Gasteiger partial charge in [-0.25, -0.2) is 0 Å². The lowest BCUT2D eigenvalue weighted by Gasteiger charge is -2.26. The van der Waals surface area contributed by atoms with Crippen molar-refractivity contribution in [3.63, 3.8) is 0 Å². The zero-order valence-electron chi connectivity index (χ0n) is 11.3. The van der Waals surface area contributed by atoms with E-state index in [2.05, 4.69) is 21.2 Å². The van der Waals surface area contributed by atoms with Crippen LogP contribution in [0.2, 0.25) is 0 Å². The molecule has 5 nitrogen and oxygen atoms in total. The van der Waals surface area contributed by atoms with Crippen LogP contribution in [0.4, 0.5) is 5.69 Å². The summed E-state index contributed by atoms with van der Waals surface area (Å²) in [6.45, 7) is 1.61. The Morgan fingerprint density at radius 2 is 2.00 bits per heavy atom. The molecule has 1 aliphatic carbocycles. The van der Waals surface area contributed by atoms with Crippen LogP contribution in [-0.4, -0.2) is 21.7 Å². The Labute approximate surface area is 126 Å².